The van der Waals surface area contributed by atoms with Gasteiger partial charge in [-0.2, -0.15) is 0 Å². The van der Waals surface area contributed by atoms with Crippen molar-refractivity contribution < 1.29 is 9.18 Å². The molecule has 0 saturated carbocycles. The van der Waals surface area contributed by atoms with E-state index in [9.17, 15) is 9.18 Å². The Bertz CT molecular complexity index is 446. The van der Waals surface area contributed by atoms with Gasteiger partial charge in [0, 0.05) is 0 Å². The van der Waals surface area contributed by atoms with Gasteiger partial charge in [-0.25, -0.2) is 4.39 Å². The Morgan fingerprint density at radius 2 is 2.06 bits per heavy atom. The molecule has 1 aromatic rings. The number of halogens is 1. The van der Waals surface area contributed by atoms with Crippen molar-refractivity contribution in [2.45, 2.75) is 25.8 Å². The van der Waals surface area contributed by atoms with E-state index in [1.807, 2.05) is 0 Å². The van der Waals surface area contributed by atoms with Crippen LogP contribution in [0.1, 0.15) is 19.4 Å². The highest BCUT2D eigenvalue weighted by atomic mass is 32.1. The summed E-state index contributed by atoms with van der Waals surface area (Å²) in [7, 11) is 0. The van der Waals surface area contributed by atoms with E-state index in [1.54, 1.807) is 32.0 Å². The second-order valence-electron chi connectivity index (χ2n) is 4.31. The van der Waals surface area contributed by atoms with Crippen LogP contribution in [0.5, 0.6) is 0 Å². The predicted octanol–water partition coefficient (Wildman–Crippen LogP) is 1.55. The monoisotopic (exact) mass is 254 g/mol. The third-order valence-corrected chi connectivity index (χ3v) is 2.89. The van der Waals surface area contributed by atoms with Crippen LogP contribution in [0.3, 0.4) is 0 Å². The van der Waals surface area contributed by atoms with Gasteiger partial charge in [-0.15, -0.1) is 0 Å². The molecule has 1 aromatic carbocycles. The number of rotatable bonds is 4. The van der Waals surface area contributed by atoms with Gasteiger partial charge in [0.25, 0.3) is 0 Å². The van der Waals surface area contributed by atoms with Gasteiger partial charge >= 0.3 is 0 Å². The second-order valence-corrected chi connectivity index (χ2v) is 4.75. The molecule has 3 nitrogen and oxygen atoms in total. The first-order valence-corrected chi connectivity index (χ1v) is 5.58. The van der Waals surface area contributed by atoms with Gasteiger partial charge < -0.3 is 11.1 Å². The van der Waals surface area contributed by atoms with Crippen LogP contribution < -0.4 is 11.1 Å². The standard InChI is InChI=1S/C12H15FN2OS/c1-12(2,11(14)17)15-10(16)7-8-5-3-4-6-9(8)13/h3-6H,7H2,1-2H3,(H2,14,17)(H,15,16). The van der Waals surface area contributed by atoms with Gasteiger partial charge in [0.1, 0.15) is 5.82 Å². The summed E-state index contributed by atoms with van der Waals surface area (Å²) in [6.07, 6.45) is -0.0291. The van der Waals surface area contributed by atoms with E-state index < -0.39 is 11.4 Å². The number of carbonyl (C=O) groups is 1. The summed E-state index contributed by atoms with van der Waals surface area (Å²) in [6, 6.07) is 6.16. The lowest BCUT2D eigenvalue weighted by Gasteiger charge is -2.24. The zero-order valence-electron chi connectivity index (χ0n) is 9.79. The topological polar surface area (TPSA) is 55.1 Å². The Kier molecular flexibility index (Phi) is 4.17. The number of nitrogens with one attached hydrogen (secondary N) is 1. The molecule has 0 heterocycles. The normalized spacial score (nSPS) is 11.0. The highest BCUT2D eigenvalue weighted by Crippen LogP contribution is 2.08. The number of thiocarbonyl (C=S) groups is 1. The molecule has 17 heavy (non-hydrogen) atoms. The van der Waals surface area contributed by atoms with Crippen LogP contribution in [-0.2, 0) is 11.2 Å². The van der Waals surface area contributed by atoms with Gasteiger partial charge in [-0.05, 0) is 25.5 Å². The molecular weight excluding hydrogens is 239 g/mol. The maximum absolute atomic E-state index is 13.3. The Balaban J connectivity index is 2.69. The average molecular weight is 254 g/mol. The number of hydrogen-bond donors (Lipinski definition) is 2. The molecule has 3 N–H and O–H groups in total. The minimum Gasteiger partial charge on any atom is -0.391 e. The molecule has 92 valence electrons. The van der Waals surface area contributed by atoms with Crippen LogP contribution >= 0.6 is 12.2 Å². The molecular formula is C12H15FN2OS. The summed E-state index contributed by atoms with van der Waals surface area (Å²) >= 11 is 4.83. The maximum atomic E-state index is 13.3. The molecule has 0 aromatic heterocycles. The fraction of sp³-hybridized carbons (Fsp3) is 0.333. The van der Waals surface area contributed by atoms with Crippen molar-refractivity contribution in [3.8, 4) is 0 Å². The molecule has 0 fully saturated rings. The average Bonchev–Trinajstić information content (AvgIpc) is 2.20. The lowest BCUT2D eigenvalue weighted by molar-refractivity contribution is -0.121. The summed E-state index contributed by atoms with van der Waals surface area (Å²) in [5, 5.41) is 2.66. The molecule has 0 unspecified atom stereocenters. The van der Waals surface area contributed by atoms with E-state index in [1.165, 1.54) is 6.07 Å². The molecule has 0 aliphatic heterocycles. The van der Waals surface area contributed by atoms with Crippen LogP contribution in [0.4, 0.5) is 4.39 Å². The van der Waals surface area contributed by atoms with Crippen molar-refractivity contribution in [1.29, 1.82) is 0 Å². The Morgan fingerprint density at radius 3 is 2.59 bits per heavy atom. The fourth-order valence-corrected chi connectivity index (χ4v) is 1.32. The second kappa shape index (κ2) is 5.23. The number of hydrogen-bond acceptors (Lipinski definition) is 2. The van der Waals surface area contributed by atoms with Crippen LogP contribution in [0.15, 0.2) is 24.3 Å². The van der Waals surface area contributed by atoms with Gasteiger partial charge in [0.2, 0.25) is 5.91 Å². The van der Waals surface area contributed by atoms with Crippen LogP contribution in [0.2, 0.25) is 0 Å². The summed E-state index contributed by atoms with van der Waals surface area (Å²) < 4.78 is 13.3. The maximum Gasteiger partial charge on any atom is 0.225 e. The Labute approximate surface area is 105 Å². The van der Waals surface area contributed by atoms with Crippen molar-refractivity contribution in [2.24, 2.45) is 5.73 Å². The molecule has 0 atom stereocenters. The highest BCUT2D eigenvalue weighted by Gasteiger charge is 2.23. The number of amides is 1. The first-order valence-electron chi connectivity index (χ1n) is 5.17. The molecule has 0 radical (unpaired) electrons. The Hall–Kier alpha value is -1.49. The highest BCUT2D eigenvalue weighted by molar-refractivity contribution is 7.80. The van der Waals surface area contributed by atoms with E-state index in [2.05, 4.69) is 5.32 Å². The molecule has 0 saturated heterocycles. The molecule has 5 heteroatoms. The Morgan fingerprint density at radius 1 is 1.47 bits per heavy atom. The molecule has 0 aliphatic carbocycles. The van der Waals surface area contributed by atoms with Gasteiger partial charge in [0.05, 0.1) is 16.9 Å². The largest absolute Gasteiger partial charge is 0.391 e. The summed E-state index contributed by atoms with van der Waals surface area (Å²) in [5.41, 5.74) is 5.07. The molecule has 0 aliphatic rings. The summed E-state index contributed by atoms with van der Waals surface area (Å²) in [5.74, 6) is -0.705. The van der Waals surface area contributed by atoms with Crippen molar-refractivity contribution in [3.63, 3.8) is 0 Å². The van der Waals surface area contributed by atoms with Crippen molar-refractivity contribution in [1.82, 2.24) is 5.32 Å². The minimum atomic E-state index is -0.766. The van der Waals surface area contributed by atoms with Crippen molar-refractivity contribution >= 4 is 23.1 Å². The van der Waals surface area contributed by atoms with E-state index in [4.69, 9.17) is 18.0 Å². The molecule has 1 rings (SSSR count). The molecule has 0 spiro atoms. The SMILES string of the molecule is CC(C)(NC(=O)Cc1ccccc1F)C(N)=S. The lowest BCUT2D eigenvalue weighted by Crippen LogP contribution is -2.52. The first-order chi connectivity index (χ1) is 7.83. The lowest BCUT2D eigenvalue weighted by atomic mass is 10.0. The van der Waals surface area contributed by atoms with E-state index in [0.717, 1.165) is 0 Å². The third kappa shape index (κ3) is 3.78. The fourth-order valence-electron chi connectivity index (χ4n) is 1.27. The third-order valence-electron chi connectivity index (χ3n) is 2.38. The summed E-state index contributed by atoms with van der Waals surface area (Å²) in [4.78, 5) is 11.9. The van der Waals surface area contributed by atoms with Crippen LogP contribution in [0, 0.1) is 5.82 Å². The van der Waals surface area contributed by atoms with Gasteiger partial charge in [-0.1, -0.05) is 30.4 Å². The predicted molar refractivity (Wildman–Crippen MR) is 69.1 cm³/mol. The minimum absolute atomic E-state index is 0.0291. The van der Waals surface area contributed by atoms with Gasteiger partial charge in [-0.3, -0.25) is 4.79 Å². The van der Waals surface area contributed by atoms with Crippen molar-refractivity contribution in [3.05, 3.63) is 35.6 Å². The zero-order chi connectivity index (χ0) is 13.1. The van der Waals surface area contributed by atoms with Gasteiger partial charge in [0.15, 0.2) is 0 Å². The molecule has 0 bridgehead atoms. The molecule has 1 amide bonds. The smallest absolute Gasteiger partial charge is 0.225 e. The first kappa shape index (κ1) is 13.6. The number of nitrogens with two attached hydrogens (primary N) is 1. The van der Waals surface area contributed by atoms with E-state index >= 15 is 0 Å². The van der Waals surface area contributed by atoms with E-state index in [-0.39, 0.29) is 17.3 Å². The number of benzene rings is 1. The van der Waals surface area contributed by atoms with Crippen LogP contribution in [-0.4, -0.2) is 16.4 Å². The van der Waals surface area contributed by atoms with E-state index in [0.29, 0.717) is 5.56 Å². The number of carbonyl (C=O) groups excluding carboxylic acids is 1. The van der Waals surface area contributed by atoms with Crippen molar-refractivity contribution in [2.75, 3.05) is 0 Å². The summed E-state index contributed by atoms with van der Waals surface area (Å²) in [6.45, 7) is 3.41. The van der Waals surface area contributed by atoms with Crippen LogP contribution in [0.25, 0.3) is 0 Å². The zero-order valence-corrected chi connectivity index (χ0v) is 10.6. The quantitative estimate of drug-likeness (QED) is 0.802.